The van der Waals surface area contributed by atoms with Crippen LogP contribution in [0, 0.1) is 11.3 Å². The number of rotatable bonds is 4. The largest absolute Gasteiger partial charge is 0.293 e. The summed E-state index contributed by atoms with van der Waals surface area (Å²) in [6, 6.07) is 10.2. The smallest absolute Gasteiger partial charge is 0.109 e. The molecular weight excluding hydrogens is 242 g/mol. The Labute approximate surface area is 111 Å². The summed E-state index contributed by atoms with van der Waals surface area (Å²) < 4.78 is 0. The van der Waals surface area contributed by atoms with Crippen LogP contribution in [0.5, 0.6) is 0 Å². The van der Waals surface area contributed by atoms with E-state index in [1.165, 1.54) is 5.56 Å². The molecule has 0 radical (unpaired) electrons. The zero-order chi connectivity index (χ0) is 13.0. The van der Waals surface area contributed by atoms with E-state index in [0.717, 1.165) is 11.6 Å². The Hall–Kier alpha value is -1.70. The van der Waals surface area contributed by atoms with Crippen LogP contribution in [0.15, 0.2) is 35.8 Å². The standard InChI is InChI=1S/C14H15N3S/c1-11(14-16-7-8-18-14)17(2)10-13-5-3-12(9-15)4-6-13/h3-8,11H,10H2,1-2H3. The second-order valence-corrected chi connectivity index (χ2v) is 5.20. The van der Waals surface area contributed by atoms with Crippen LogP contribution < -0.4 is 0 Å². The van der Waals surface area contributed by atoms with E-state index in [0.29, 0.717) is 11.6 Å². The van der Waals surface area contributed by atoms with E-state index in [1.807, 2.05) is 35.8 Å². The van der Waals surface area contributed by atoms with Gasteiger partial charge in [0.25, 0.3) is 0 Å². The highest BCUT2D eigenvalue weighted by molar-refractivity contribution is 7.09. The lowest BCUT2D eigenvalue weighted by molar-refractivity contribution is 0.252. The Morgan fingerprint density at radius 3 is 2.67 bits per heavy atom. The monoisotopic (exact) mass is 257 g/mol. The van der Waals surface area contributed by atoms with E-state index in [4.69, 9.17) is 5.26 Å². The number of hydrogen-bond donors (Lipinski definition) is 0. The zero-order valence-electron chi connectivity index (χ0n) is 10.5. The van der Waals surface area contributed by atoms with Gasteiger partial charge >= 0.3 is 0 Å². The minimum Gasteiger partial charge on any atom is -0.293 e. The maximum absolute atomic E-state index is 8.76. The van der Waals surface area contributed by atoms with Crippen molar-refractivity contribution >= 4 is 11.3 Å². The highest BCUT2D eigenvalue weighted by Gasteiger charge is 2.13. The zero-order valence-corrected chi connectivity index (χ0v) is 11.3. The molecule has 0 N–H and O–H groups in total. The first kappa shape index (κ1) is 12.7. The van der Waals surface area contributed by atoms with E-state index < -0.39 is 0 Å². The second kappa shape index (κ2) is 5.76. The normalized spacial score (nSPS) is 12.3. The average Bonchev–Trinajstić information content (AvgIpc) is 2.92. The quantitative estimate of drug-likeness (QED) is 0.844. The molecule has 0 saturated heterocycles. The first-order chi connectivity index (χ1) is 8.70. The summed E-state index contributed by atoms with van der Waals surface area (Å²) in [6.45, 7) is 3.01. The molecule has 4 heteroatoms. The molecule has 1 aromatic heterocycles. The van der Waals surface area contributed by atoms with Crippen LogP contribution >= 0.6 is 11.3 Å². The number of nitrogens with zero attached hydrogens (tertiary/aromatic N) is 3. The number of benzene rings is 1. The summed E-state index contributed by atoms with van der Waals surface area (Å²) in [6.07, 6.45) is 1.84. The average molecular weight is 257 g/mol. The van der Waals surface area contributed by atoms with Crippen LogP contribution in [0.1, 0.15) is 29.1 Å². The van der Waals surface area contributed by atoms with Crippen LogP contribution in [-0.4, -0.2) is 16.9 Å². The molecule has 0 spiro atoms. The van der Waals surface area contributed by atoms with Gasteiger partial charge in [-0.15, -0.1) is 11.3 Å². The molecule has 0 aliphatic rings. The van der Waals surface area contributed by atoms with Crippen molar-refractivity contribution < 1.29 is 0 Å². The van der Waals surface area contributed by atoms with Crippen molar-refractivity contribution in [2.75, 3.05) is 7.05 Å². The van der Waals surface area contributed by atoms with Gasteiger partial charge in [-0.05, 0) is 31.7 Å². The van der Waals surface area contributed by atoms with Gasteiger partial charge in [-0.1, -0.05) is 12.1 Å². The van der Waals surface area contributed by atoms with E-state index >= 15 is 0 Å². The minimum atomic E-state index is 0.306. The van der Waals surface area contributed by atoms with Gasteiger partial charge in [0.05, 0.1) is 17.7 Å². The molecule has 0 aliphatic heterocycles. The van der Waals surface area contributed by atoms with Crippen molar-refractivity contribution in [2.24, 2.45) is 0 Å². The fourth-order valence-corrected chi connectivity index (χ4v) is 2.50. The maximum Gasteiger partial charge on any atom is 0.109 e. The molecule has 2 rings (SSSR count). The predicted octanol–water partition coefficient (Wildman–Crippen LogP) is 3.21. The van der Waals surface area contributed by atoms with Crippen molar-refractivity contribution in [3.05, 3.63) is 52.0 Å². The van der Waals surface area contributed by atoms with Crippen LogP contribution in [-0.2, 0) is 6.54 Å². The maximum atomic E-state index is 8.76. The number of hydrogen-bond acceptors (Lipinski definition) is 4. The first-order valence-corrected chi connectivity index (χ1v) is 6.67. The summed E-state index contributed by atoms with van der Waals surface area (Å²) in [5, 5.41) is 11.9. The van der Waals surface area contributed by atoms with Gasteiger partial charge in [0, 0.05) is 18.1 Å². The molecule has 0 aliphatic carbocycles. The van der Waals surface area contributed by atoms with E-state index in [1.54, 1.807) is 11.3 Å². The topological polar surface area (TPSA) is 39.9 Å². The first-order valence-electron chi connectivity index (χ1n) is 5.79. The molecule has 3 nitrogen and oxygen atoms in total. The lowest BCUT2D eigenvalue weighted by Gasteiger charge is -2.22. The van der Waals surface area contributed by atoms with Crippen LogP contribution in [0.3, 0.4) is 0 Å². The Kier molecular flexibility index (Phi) is 4.08. The SMILES string of the molecule is CC(c1nccs1)N(C)Cc1ccc(C#N)cc1. The molecule has 18 heavy (non-hydrogen) atoms. The van der Waals surface area contributed by atoms with Crippen molar-refractivity contribution in [1.82, 2.24) is 9.88 Å². The minimum absolute atomic E-state index is 0.306. The van der Waals surface area contributed by atoms with Crippen molar-refractivity contribution in [3.8, 4) is 6.07 Å². The van der Waals surface area contributed by atoms with Crippen molar-refractivity contribution in [2.45, 2.75) is 19.5 Å². The molecule has 1 unspecified atom stereocenters. The Balaban J connectivity index is 2.02. The fraction of sp³-hybridized carbons (Fsp3) is 0.286. The van der Waals surface area contributed by atoms with Crippen LogP contribution in [0.2, 0.25) is 0 Å². The predicted molar refractivity (Wildman–Crippen MR) is 73.2 cm³/mol. The highest BCUT2D eigenvalue weighted by Crippen LogP contribution is 2.22. The summed E-state index contributed by atoms with van der Waals surface area (Å²) in [5.74, 6) is 0. The lowest BCUT2D eigenvalue weighted by atomic mass is 10.1. The summed E-state index contributed by atoms with van der Waals surface area (Å²) in [7, 11) is 2.09. The van der Waals surface area contributed by atoms with Gasteiger partial charge in [0.2, 0.25) is 0 Å². The third-order valence-electron chi connectivity index (χ3n) is 2.98. The van der Waals surface area contributed by atoms with Gasteiger partial charge in [-0.2, -0.15) is 5.26 Å². The van der Waals surface area contributed by atoms with Gasteiger partial charge < -0.3 is 0 Å². The molecule has 0 amide bonds. The van der Waals surface area contributed by atoms with Crippen LogP contribution in [0.4, 0.5) is 0 Å². The third-order valence-corrected chi connectivity index (χ3v) is 3.93. The molecule has 1 aromatic carbocycles. The molecule has 92 valence electrons. The van der Waals surface area contributed by atoms with Gasteiger partial charge in [-0.3, -0.25) is 4.90 Å². The van der Waals surface area contributed by atoms with Gasteiger partial charge in [-0.25, -0.2) is 4.98 Å². The number of thiazole rings is 1. The van der Waals surface area contributed by atoms with E-state index in [9.17, 15) is 0 Å². The van der Waals surface area contributed by atoms with Gasteiger partial charge in [0.1, 0.15) is 5.01 Å². The second-order valence-electron chi connectivity index (χ2n) is 4.27. The third kappa shape index (κ3) is 2.95. The fourth-order valence-electron chi connectivity index (χ4n) is 1.74. The Morgan fingerprint density at radius 2 is 2.11 bits per heavy atom. The molecule has 2 aromatic rings. The van der Waals surface area contributed by atoms with Crippen LogP contribution in [0.25, 0.3) is 0 Å². The molecule has 0 fully saturated rings. The summed E-state index contributed by atoms with van der Waals surface area (Å²) in [5.41, 5.74) is 1.91. The molecule has 0 bridgehead atoms. The molecule has 1 atom stereocenters. The van der Waals surface area contributed by atoms with Crippen molar-refractivity contribution in [3.63, 3.8) is 0 Å². The molecule has 0 saturated carbocycles. The number of aromatic nitrogens is 1. The lowest BCUT2D eigenvalue weighted by Crippen LogP contribution is -2.21. The summed E-state index contributed by atoms with van der Waals surface area (Å²) >= 11 is 1.68. The summed E-state index contributed by atoms with van der Waals surface area (Å²) in [4.78, 5) is 6.59. The van der Waals surface area contributed by atoms with Gasteiger partial charge in [0.15, 0.2) is 0 Å². The van der Waals surface area contributed by atoms with E-state index in [-0.39, 0.29) is 0 Å². The molecular formula is C14H15N3S. The van der Waals surface area contributed by atoms with E-state index in [2.05, 4.69) is 29.9 Å². The molecule has 1 heterocycles. The Morgan fingerprint density at radius 1 is 1.39 bits per heavy atom. The van der Waals surface area contributed by atoms with Crippen molar-refractivity contribution in [1.29, 1.82) is 5.26 Å². The number of nitriles is 1. The Bertz CT molecular complexity index is 525. The highest BCUT2D eigenvalue weighted by atomic mass is 32.1.